The van der Waals surface area contributed by atoms with Crippen LogP contribution < -0.4 is 0 Å². The number of rotatable bonds is 7. The normalized spacial score (nSPS) is 13.6. The molecule has 0 saturated heterocycles. The minimum atomic E-state index is -0.446. The van der Waals surface area contributed by atoms with E-state index in [1.54, 1.807) is 18.2 Å². The molecule has 0 aliphatic heterocycles. The summed E-state index contributed by atoms with van der Waals surface area (Å²) in [6.45, 7) is 8.88. The van der Waals surface area contributed by atoms with Crippen molar-refractivity contribution >= 4 is 17.3 Å². The maximum absolute atomic E-state index is 12.8. The molecule has 3 nitrogen and oxygen atoms in total. The lowest BCUT2D eigenvalue weighted by atomic mass is 9.76. The van der Waals surface area contributed by atoms with Crippen LogP contribution in [-0.2, 0) is 0 Å². The Hall–Kier alpha value is -1.77. The number of hydrogen-bond acceptors (Lipinski definition) is 3. The van der Waals surface area contributed by atoms with Gasteiger partial charge in [-0.25, -0.2) is 0 Å². The molecule has 0 aromatic heterocycles. The topological polar surface area (TPSA) is 51.2 Å². The Morgan fingerprint density at radius 2 is 1.33 bits per heavy atom. The van der Waals surface area contributed by atoms with Gasteiger partial charge in [0, 0.05) is 22.1 Å². The van der Waals surface area contributed by atoms with Gasteiger partial charge in [0.2, 0.25) is 0 Å². The van der Waals surface area contributed by atoms with Crippen LogP contribution in [0.4, 0.5) is 0 Å². The second kappa shape index (κ2) is 6.79. The van der Waals surface area contributed by atoms with Crippen molar-refractivity contribution in [3.05, 3.63) is 34.9 Å². The Morgan fingerprint density at radius 3 is 1.67 bits per heavy atom. The summed E-state index contributed by atoms with van der Waals surface area (Å²) in [6, 6.07) is 4.78. The van der Waals surface area contributed by atoms with Gasteiger partial charge in [-0.3, -0.25) is 14.4 Å². The second-order valence-electron chi connectivity index (χ2n) is 5.90. The molecule has 0 aliphatic carbocycles. The Morgan fingerprint density at radius 1 is 0.905 bits per heavy atom. The van der Waals surface area contributed by atoms with E-state index in [4.69, 9.17) is 0 Å². The smallest absolute Gasteiger partial charge is 0.168 e. The number of Topliss-reactive ketones (excluding diaryl/α,β-unsaturated/α-hetero) is 3. The molecule has 0 fully saturated rings. The number of hydrogen-bond donors (Lipinski definition) is 0. The average Bonchev–Trinajstić information content (AvgIpc) is 2.45. The van der Waals surface area contributed by atoms with E-state index >= 15 is 0 Å². The van der Waals surface area contributed by atoms with E-state index in [0.29, 0.717) is 16.7 Å². The zero-order valence-corrected chi connectivity index (χ0v) is 13.6. The van der Waals surface area contributed by atoms with Gasteiger partial charge in [-0.15, -0.1) is 0 Å². The number of carbonyl (C=O) groups is 3. The van der Waals surface area contributed by atoms with Crippen molar-refractivity contribution < 1.29 is 14.4 Å². The molecule has 3 heteroatoms. The Labute approximate surface area is 126 Å². The van der Waals surface area contributed by atoms with Crippen LogP contribution in [-0.4, -0.2) is 17.3 Å². The minimum Gasteiger partial charge on any atom is -0.295 e. The van der Waals surface area contributed by atoms with Crippen molar-refractivity contribution in [2.45, 2.75) is 53.9 Å². The fourth-order valence-electron chi connectivity index (χ4n) is 2.52. The van der Waals surface area contributed by atoms with Crippen LogP contribution in [0, 0.1) is 5.41 Å². The average molecular weight is 288 g/mol. The SMILES string of the molecule is CCCC(C)(CC)C(=O)c1cc(C(C)=O)cc(C(C)=O)c1. The molecular formula is C18H24O3. The number of carbonyl (C=O) groups excluding carboxylic acids is 3. The quantitative estimate of drug-likeness (QED) is 0.694. The van der Waals surface area contributed by atoms with Gasteiger partial charge < -0.3 is 0 Å². The third-order valence-corrected chi connectivity index (χ3v) is 4.14. The molecule has 0 radical (unpaired) electrons. The highest BCUT2D eigenvalue weighted by Gasteiger charge is 2.31. The number of benzene rings is 1. The monoisotopic (exact) mass is 288 g/mol. The van der Waals surface area contributed by atoms with Crippen molar-refractivity contribution in [3.63, 3.8) is 0 Å². The van der Waals surface area contributed by atoms with Crippen LogP contribution in [0.2, 0.25) is 0 Å². The molecule has 0 aliphatic rings. The fourth-order valence-corrected chi connectivity index (χ4v) is 2.52. The maximum atomic E-state index is 12.8. The Kier molecular flexibility index (Phi) is 5.59. The summed E-state index contributed by atoms with van der Waals surface area (Å²) < 4.78 is 0. The highest BCUT2D eigenvalue weighted by molar-refractivity contribution is 6.06. The Bertz CT molecular complexity index is 540. The van der Waals surface area contributed by atoms with Crippen LogP contribution in [0.3, 0.4) is 0 Å². The van der Waals surface area contributed by atoms with Gasteiger partial charge in [0.05, 0.1) is 0 Å². The molecule has 0 spiro atoms. The van der Waals surface area contributed by atoms with Crippen molar-refractivity contribution in [2.75, 3.05) is 0 Å². The summed E-state index contributed by atoms with van der Waals surface area (Å²) in [5.41, 5.74) is 0.853. The van der Waals surface area contributed by atoms with E-state index in [1.807, 2.05) is 20.8 Å². The Balaban J connectivity index is 3.37. The third-order valence-electron chi connectivity index (χ3n) is 4.14. The van der Waals surface area contributed by atoms with Crippen molar-refractivity contribution in [3.8, 4) is 0 Å². The molecule has 1 atom stereocenters. The van der Waals surface area contributed by atoms with Crippen LogP contribution in [0.25, 0.3) is 0 Å². The minimum absolute atomic E-state index is 0.0115. The van der Waals surface area contributed by atoms with E-state index < -0.39 is 5.41 Å². The molecule has 1 aromatic rings. The fraction of sp³-hybridized carbons (Fsp3) is 0.500. The van der Waals surface area contributed by atoms with Gasteiger partial charge in [0.25, 0.3) is 0 Å². The van der Waals surface area contributed by atoms with E-state index in [1.165, 1.54) is 13.8 Å². The first kappa shape index (κ1) is 17.3. The zero-order chi connectivity index (χ0) is 16.2. The maximum Gasteiger partial charge on any atom is 0.168 e. The van der Waals surface area contributed by atoms with Gasteiger partial charge in [-0.1, -0.05) is 27.2 Å². The summed E-state index contributed by atoms with van der Waals surface area (Å²) in [4.78, 5) is 36.0. The van der Waals surface area contributed by atoms with Gasteiger partial charge in [0.15, 0.2) is 17.3 Å². The predicted molar refractivity (Wildman–Crippen MR) is 84.1 cm³/mol. The van der Waals surface area contributed by atoms with E-state index in [2.05, 4.69) is 0 Å². The third kappa shape index (κ3) is 3.87. The second-order valence-corrected chi connectivity index (χ2v) is 5.90. The van der Waals surface area contributed by atoms with Crippen LogP contribution in [0.15, 0.2) is 18.2 Å². The lowest BCUT2D eigenvalue weighted by Gasteiger charge is -2.26. The van der Waals surface area contributed by atoms with Gasteiger partial charge in [-0.2, -0.15) is 0 Å². The van der Waals surface area contributed by atoms with Crippen LogP contribution in [0.5, 0.6) is 0 Å². The molecule has 0 N–H and O–H groups in total. The van der Waals surface area contributed by atoms with Crippen molar-refractivity contribution in [2.24, 2.45) is 5.41 Å². The molecule has 0 saturated carbocycles. The molecule has 0 heterocycles. The zero-order valence-electron chi connectivity index (χ0n) is 13.6. The highest BCUT2D eigenvalue weighted by Crippen LogP contribution is 2.32. The first-order chi connectivity index (χ1) is 9.75. The lowest BCUT2D eigenvalue weighted by molar-refractivity contribution is 0.0793. The van der Waals surface area contributed by atoms with E-state index in [0.717, 1.165) is 19.3 Å². The first-order valence-corrected chi connectivity index (χ1v) is 7.47. The standard InChI is InChI=1S/C18H24O3/c1-6-8-18(5,7-2)17(21)16-10-14(12(3)19)9-15(11-16)13(4)20/h9-11H,6-8H2,1-5H3. The van der Waals surface area contributed by atoms with Crippen molar-refractivity contribution in [1.29, 1.82) is 0 Å². The molecule has 21 heavy (non-hydrogen) atoms. The molecule has 114 valence electrons. The largest absolute Gasteiger partial charge is 0.295 e. The summed E-state index contributed by atoms with van der Waals surface area (Å²) in [6.07, 6.45) is 2.45. The molecular weight excluding hydrogens is 264 g/mol. The summed E-state index contributed by atoms with van der Waals surface area (Å²) in [7, 11) is 0. The molecule has 0 bridgehead atoms. The summed E-state index contributed by atoms with van der Waals surface area (Å²) in [5, 5.41) is 0. The molecule has 0 amide bonds. The molecule has 1 unspecified atom stereocenters. The van der Waals surface area contributed by atoms with Crippen molar-refractivity contribution in [1.82, 2.24) is 0 Å². The van der Waals surface area contributed by atoms with Crippen LogP contribution in [0.1, 0.15) is 85.0 Å². The van der Waals surface area contributed by atoms with Gasteiger partial charge in [0.1, 0.15) is 0 Å². The molecule has 1 aromatic carbocycles. The number of ketones is 3. The van der Waals surface area contributed by atoms with E-state index in [-0.39, 0.29) is 17.3 Å². The van der Waals surface area contributed by atoms with Gasteiger partial charge in [-0.05, 0) is 44.9 Å². The van der Waals surface area contributed by atoms with E-state index in [9.17, 15) is 14.4 Å². The summed E-state index contributed by atoms with van der Waals surface area (Å²) in [5.74, 6) is -0.265. The summed E-state index contributed by atoms with van der Waals surface area (Å²) >= 11 is 0. The first-order valence-electron chi connectivity index (χ1n) is 7.47. The lowest BCUT2D eigenvalue weighted by Crippen LogP contribution is -2.27. The molecule has 1 rings (SSSR count). The highest BCUT2D eigenvalue weighted by atomic mass is 16.1. The predicted octanol–water partition coefficient (Wildman–Crippen LogP) is 4.49. The van der Waals surface area contributed by atoms with Crippen LogP contribution >= 0.6 is 0 Å². The van der Waals surface area contributed by atoms with Gasteiger partial charge >= 0.3 is 0 Å².